The number of aliphatic imine (C=N–C) groups is 1. The Kier molecular flexibility index (Phi) is 5.99. The fraction of sp³-hybridized carbons (Fsp3) is 0.0714. The first-order valence-corrected chi connectivity index (χ1v) is 13.1. The minimum Gasteiger partial charge on any atom is -0.340 e. The SMILES string of the molecule is Cc1c(/C=C2/C(=N)N3N=C(c4ccccc4Cl)SC3=NC2=O)c2ccccc2n1Cc1ccccc1Cl. The molecule has 0 saturated carbocycles. The van der Waals surface area contributed by atoms with Crippen LogP contribution >= 0.6 is 35.0 Å². The van der Waals surface area contributed by atoms with E-state index in [4.69, 9.17) is 28.6 Å². The Morgan fingerprint density at radius 1 is 0.973 bits per heavy atom. The molecule has 3 heterocycles. The van der Waals surface area contributed by atoms with E-state index in [-0.39, 0.29) is 11.4 Å². The van der Waals surface area contributed by atoms with Crippen LogP contribution in [0, 0.1) is 12.3 Å². The lowest BCUT2D eigenvalue weighted by molar-refractivity contribution is -0.114. The molecule has 1 aromatic heterocycles. The van der Waals surface area contributed by atoms with Gasteiger partial charge in [0.1, 0.15) is 5.04 Å². The molecule has 0 atom stereocenters. The first kappa shape index (κ1) is 23.7. The largest absolute Gasteiger partial charge is 0.340 e. The third-order valence-electron chi connectivity index (χ3n) is 6.41. The summed E-state index contributed by atoms with van der Waals surface area (Å²) in [5, 5.41) is 18.0. The van der Waals surface area contributed by atoms with Crippen LogP contribution in [-0.4, -0.2) is 31.5 Å². The van der Waals surface area contributed by atoms with Gasteiger partial charge >= 0.3 is 0 Å². The molecule has 1 amide bonds. The highest BCUT2D eigenvalue weighted by Gasteiger charge is 2.36. The molecule has 6 rings (SSSR count). The van der Waals surface area contributed by atoms with Crippen LogP contribution in [0.1, 0.15) is 22.4 Å². The summed E-state index contributed by atoms with van der Waals surface area (Å²) in [5.74, 6) is -0.492. The summed E-state index contributed by atoms with van der Waals surface area (Å²) in [5.41, 5.74) is 4.74. The number of para-hydroxylation sites is 1. The van der Waals surface area contributed by atoms with Crippen LogP contribution in [0.25, 0.3) is 17.0 Å². The zero-order valence-corrected chi connectivity index (χ0v) is 21.9. The molecule has 0 radical (unpaired) electrons. The van der Waals surface area contributed by atoms with Gasteiger partial charge in [-0.1, -0.05) is 77.8 Å². The number of amides is 1. The van der Waals surface area contributed by atoms with E-state index in [2.05, 4.69) is 14.7 Å². The molecular weight excluding hydrogens is 525 g/mol. The van der Waals surface area contributed by atoms with Crippen molar-refractivity contribution in [3.8, 4) is 0 Å². The number of carbonyl (C=O) groups is 1. The summed E-state index contributed by atoms with van der Waals surface area (Å²) in [6, 6.07) is 23.1. The molecule has 0 fully saturated rings. The average molecular weight is 544 g/mol. The number of nitrogens with zero attached hydrogens (tertiary/aromatic N) is 4. The molecule has 2 aliphatic rings. The van der Waals surface area contributed by atoms with E-state index in [1.165, 1.54) is 16.8 Å². The summed E-state index contributed by atoms with van der Waals surface area (Å²) in [6.45, 7) is 2.59. The molecule has 182 valence electrons. The number of fused-ring (bicyclic) bond motifs is 2. The normalized spacial score (nSPS) is 16.4. The van der Waals surface area contributed by atoms with Crippen molar-refractivity contribution in [1.82, 2.24) is 9.58 Å². The standard InChI is InChI=1S/C28H19Cl2N5OS/c1-16-20(18-9-4-7-13-24(18)34(16)15-17-8-2-5-11-22(17)29)14-21-25(31)35-28(32-26(21)36)37-27(33-35)19-10-3-6-12-23(19)30/h2-14,31H,15H2,1H3/b21-14-,31-25?. The Balaban J connectivity index is 1.42. The molecule has 2 aliphatic heterocycles. The molecule has 1 N–H and O–H groups in total. The van der Waals surface area contributed by atoms with Gasteiger partial charge in [0.05, 0.1) is 10.6 Å². The molecule has 37 heavy (non-hydrogen) atoms. The van der Waals surface area contributed by atoms with Crippen molar-refractivity contribution >= 4 is 73.9 Å². The fourth-order valence-electron chi connectivity index (χ4n) is 4.52. The van der Waals surface area contributed by atoms with Crippen LogP contribution in [0.5, 0.6) is 0 Å². The van der Waals surface area contributed by atoms with Gasteiger partial charge in [-0.3, -0.25) is 10.2 Å². The Labute approximate surface area is 227 Å². The number of hydrogen-bond acceptors (Lipinski definition) is 4. The van der Waals surface area contributed by atoms with Crippen molar-refractivity contribution in [1.29, 1.82) is 5.41 Å². The predicted octanol–water partition coefficient (Wildman–Crippen LogP) is 6.97. The molecule has 0 saturated heterocycles. The van der Waals surface area contributed by atoms with Crippen molar-refractivity contribution in [2.45, 2.75) is 13.5 Å². The minimum atomic E-state index is -0.471. The van der Waals surface area contributed by atoms with Crippen molar-refractivity contribution in [2.24, 2.45) is 10.1 Å². The lowest BCUT2D eigenvalue weighted by Gasteiger charge is -2.20. The summed E-state index contributed by atoms with van der Waals surface area (Å²) in [6.07, 6.45) is 1.75. The molecule has 6 nitrogen and oxygen atoms in total. The number of thioether (sulfide) groups is 1. The quantitative estimate of drug-likeness (QED) is 0.282. The molecule has 0 spiro atoms. The van der Waals surface area contributed by atoms with Crippen molar-refractivity contribution in [3.05, 3.63) is 111 Å². The third-order valence-corrected chi connectivity index (χ3v) is 8.05. The second kappa shape index (κ2) is 9.34. The van der Waals surface area contributed by atoms with E-state index in [0.29, 0.717) is 26.8 Å². The summed E-state index contributed by atoms with van der Waals surface area (Å²) < 4.78 is 2.17. The smallest absolute Gasteiger partial charge is 0.283 e. The van der Waals surface area contributed by atoms with E-state index in [1.807, 2.05) is 73.7 Å². The number of hydrazone groups is 1. The van der Waals surface area contributed by atoms with E-state index in [1.54, 1.807) is 12.1 Å². The van der Waals surface area contributed by atoms with Crippen LogP contribution in [0.2, 0.25) is 10.0 Å². The summed E-state index contributed by atoms with van der Waals surface area (Å²) in [4.78, 5) is 17.4. The number of aromatic nitrogens is 1. The van der Waals surface area contributed by atoms with Gasteiger partial charge in [0.2, 0.25) is 5.17 Å². The molecule has 4 aromatic rings. The Hall–Kier alpha value is -3.65. The van der Waals surface area contributed by atoms with Crippen LogP contribution < -0.4 is 0 Å². The molecule has 0 aliphatic carbocycles. The second-order valence-corrected chi connectivity index (χ2v) is 10.4. The zero-order chi connectivity index (χ0) is 25.7. The summed E-state index contributed by atoms with van der Waals surface area (Å²) >= 11 is 14.0. The molecule has 0 bridgehead atoms. The maximum atomic E-state index is 13.1. The van der Waals surface area contributed by atoms with Gasteiger partial charge < -0.3 is 4.57 Å². The number of carbonyl (C=O) groups excluding carboxylic acids is 1. The molecule has 9 heteroatoms. The lowest BCUT2D eigenvalue weighted by Crippen LogP contribution is -2.35. The number of halogens is 2. The van der Waals surface area contributed by atoms with E-state index in [9.17, 15) is 4.79 Å². The van der Waals surface area contributed by atoms with Crippen LogP contribution in [0.15, 0.2) is 88.5 Å². The monoisotopic (exact) mass is 543 g/mol. The maximum absolute atomic E-state index is 13.1. The lowest BCUT2D eigenvalue weighted by atomic mass is 10.1. The van der Waals surface area contributed by atoms with Gasteiger partial charge in [0.25, 0.3) is 5.91 Å². The first-order valence-electron chi connectivity index (χ1n) is 11.5. The van der Waals surface area contributed by atoms with Crippen molar-refractivity contribution in [3.63, 3.8) is 0 Å². The van der Waals surface area contributed by atoms with Crippen LogP contribution in [0.3, 0.4) is 0 Å². The fourth-order valence-corrected chi connectivity index (χ4v) is 5.93. The Morgan fingerprint density at radius 3 is 2.46 bits per heavy atom. The minimum absolute atomic E-state index is 0.0214. The molecule has 3 aromatic carbocycles. The Morgan fingerprint density at radius 2 is 1.68 bits per heavy atom. The van der Waals surface area contributed by atoms with Crippen LogP contribution in [-0.2, 0) is 11.3 Å². The third kappa shape index (κ3) is 4.09. The molecule has 0 unspecified atom stereocenters. The second-order valence-electron chi connectivity index (χ2n) is 8.60. The summed E-state index contributed by atoms with van der Waals surface area (Å²) in [7, 11) is 0. The number of amidine groups is 2. The Bertz CT molecular complexity index is 1720. The van der Waals surface area contributed by atoms with E-state index >= 15 is 0 Å². The zero-order valence-electron chi connectivity index (χ0n) is 19.6. The van der Waals surface area contributed by atoms with Crippen LogP contribution in [0.4, 0.5) is 0 Å². The van der Waals surface area contributed by atoms with Crippen molar-refractivity contribution < 1.29 is 4.79 Å². The topological polar surface area (TPSA) is 73.8 Å². The van der Waals surface area contributed by atoms with E-state index in [0.717, 1.165) is 33.3 Å². The molecular formula is C28H19Cl2N5OS. The van der Waals surface area contributed by atoms with Gasteiger partial charge in [0, 0.05) is 39.3 Å². The number of benzene rings is 3. The van der Waals surface area contributed by atoms with Gasteiger partial charge in [-0.25, -0.2) is 0 Å². The van der Waals surface area contributed by atoms with Gasteiger partial charge in [-0.05, 0) is 48.5 Å². The highest BCUT2D eigenvalue weighted by Crippen LogP contribution is 2.35. The highest BCUT2D eigenvalue weighted by molar-refractivity contribution is 8.27. The van der Waals surface area contributed by atoms with Crippen molar-refractivity contribution in [2.75, 3.05) is 0 Å². The number of rotatable bonds is 4. The average Bonchev–Trinajstić information content (AvgIpc) is 3.43. The predicted molar refractivity (Wildman–Crippen MR) is 153 cm³/mol. The van der Waals surface area contributed by atoms with E-state index < -0.39 is 5.91 Å². The van der Waals surface area contributed by atoms with Gasteiger partial charge in [-0.15, -0.1) is 0 Å². The van der Waals surface area contributed by atoms with Gasteiger partial charge in [-0.2, -0.15) is 15.1 Å². The maximum Gasteiger partial charge on any atom is 0.283 e. The highest BCUT2D eigenvalue weighted by atomic mass is 35.5. The van der Waals surface area contributed by atoms with Gasteiger partial charge in [0.15, 0.2) is 5.84 Å². The first-order chi connectivity index (χ1) is 17.9. The number of hydrogen-bond donors (Lipinski definition) is 1. The number of nitrogens with one attached hydrogen (secondary N) is 1.